The fourth-order valence-electron chi connectivity index (χ4n) is 1.79. The van der Waals surface area contributed by atoms with E-state index in [4.69, 9.17) is 4.74 Å². The van der Waals surface area contributed by atoms with Gasteiger partial charge in [0.25, 0.3) is 0 Å². The highest BCUT2D eigenvalue weighted by molar-refractivity contribution is 5.71. The zero-order valence-electron chi connectivity index (χ0n) is 8.29. The van der Waals surface area contributed by atoms with Crippen molar-refractivity contribution in [3.63, 3.8) is 0 Å². The van der Waals surface area contributed by atoms with Gasteiger partial charge in [-0.2, -0.15) is 0 Å². The Bertz CT molecular complexity index is 361. The summed E-state index contributed by atoms with van der Waals surface area (Å²) in [6.07, 6.45) is 2.16. The van der Waals surface area contributed by atoms with Gasteiger partial charge in [0.2, 0.25) is 0 Å². The molecule has 0 aromatic heterocycles. The molecule has 1 nitrogen and oxygen atoms in total. The summed E-state index contributed by atoms with van der Waals surface area (Å²) in [6, 6.07) is 8.16. The minimum Gasteiger partial charge on any atom is -0.483 e. The molecule has 0 saturated carbocycles. The molecule has 0 radical (unpaired) electrons. The first-order valence-corrected chi connectivity index (χ1v) is 4.56. The third-order valence-corrected chi connectivity index (χ3v) is 2.25. The molecule has 0 aliphatic carbocycles. The Morgan fingerprint density at radius 1 is 1.15 bits per heavy atom. The lowest BCUT2D eigenvalue weighted by atomic mass is 9.96. The van der Waals surface area contributed by atoms with Crippen LogP contribution >= 0.6 is 0 Å². The molecule has 0 atom stereocenters. The Kier molecular flexibility index (Phi) is 1.69. The van der Waals surface area contributed by atoms with Gasteiger partial charge in [-0.05, 0) is 38.5 Å². The van der Waals surface area contributed by atoms with Crippen molar-refractivity contribution in [2.45, 2.75) is 26.4 Å². The largest absolute Gasteiger partial charge is 0.483 e. The topological polar surface area (TPSA) is 9.23 Å². The number of allylic oxidation sites excluding steroid dienone is 1. The Morgan fingerprint density at radius 3 is 2.62 bits per heavy atom. The smallest absolute Gasteiger partial charge is 0.128 e. The zero-order chi connectivity index (χ0) is 9.47. The molecule has 0 fully saturated rings. The second kappa shape index (κ2) is 2.63. The monoisotopic (exact) mass is 174 g/mol. The quantitative estimate of drug-likeness (QED) is 0.586. The van der Waals surface area contributed by atoms with Crippen molar-refractivity contribution in [2.24, 2.45) is 0 Å². The Morgan fingerprint density at radius 2 is 1.85 bits per heavy atom. The summed E-state index contributed by atoms with van der Waals surface area (Å²) in [5.41, 5.74) is 2.34. The van der Waals surface area contributed by atoms with Crippen LogP contribution in [-0.2, 0) is 0 Å². The molecule has 0 N–H and O–H groups in total. The van der Waals surface area contributed by atoms with E-state index >= 15 is 0 Å². The number of hydrogen-bond acceptors (Lipinski definition) is 1. The van der Waals surface area contributed by atoms with Crippen LogP contribution in [0.1, 0.15) is 26.3 Å². The number of ether oxygens (including phenoxy) is 1. The maximum atomic E-state index is 5.81. The summed E-state index contributed by atoms with van der Waals surface area (Å²) in [5, 5.41) is 0. The van der Waals surface area contributed by atoms with Gasteiger partial charge in [0.1, 0.15) is 11.4 Å². The minimum absolute atomic E-state index is 0.168. The van der Waals surface area contributed by atoms with E-state index in [-0.39, 0.29) is 5.60 Å². The van der Waals surface area contributed by atoms with Crippen molar-refractivity contribution in [2.75, 3.05) is 0 Å². The van der Waals surface area contributed by atoms with Crippen molar-refractivity contribution < 1.29 is 4.74 Å². The van der Waals surface area contributed by atoms with Crippen molar-refractivity contribution in [3.05, 3.63) is 35.9 Å². The maximum absolute atomic E-state index is 5.81. The van der Waals surface area contributed by atoms with Crippen LogP contribution in [0.4, 0.5) is 0 Å². The van der Waals surface area contributed by atoms with Crippen LogP contribution in [0.25, 0.3) is 5.57 Å². The lowest BCUT2D eigenvalue weighted by Gasteiger charge is -2.30. The molecule has 0 bridgehead atoms. The van der Waals surface area contributed by atoms with Gasteiger partial charge in [0, 0.05) is 5.56 Å². The van der Waals surface area contributed by atoms with Gasteiger partial charge in [0.05, 0.1) is 0 Å². The molecule has 1 heteroatoms. The number of para-hydroxylation sites is 1. The third-order valence-electron chi connectivity index (χ3n) is 2.25. The number of benzene rings is 1. The third kappa shape index (κ3) is 1.46. The van der Waals surface area contributed by atoms with Crippen LogP contribution in [0.3, 0.4) is 0 Å². The highest BCUT2D eigenvalue weighted by Gasteiger charge is 2.23. The lowest BCUT2D eigenvalue weighted by molar-refractivity contribution is 0.158. The Balaban J connectivity index is 2.55. The fraction of sp³-hybridized carbons (Fsp3) is 0.333. The van der Waals surface area contributed by atoms with Crippen LogP contribution in [-0.4, -0.2) is 5.60 Å². The van der Waals surface area contributed by atoms with Gasteiger partial charge < -0.3 is 4.74 Å². The van der Waals surface area contributed by atoms with E-state index in [1.807, 2.05) is 18.2 Å². The molecule has 1 aliphatic rings. The van der Waals surface area contributed by atoms with E-state index in [2.05, 4.69) is 32.9 Å². The Hall–Kier alpha value is -1.24. The first kappa shape index (κ1) is 8.36. The molecule has 0 spiro atoms. The van der Waals surface area contributed by atoms with Crippen molar-refractivity contribution in [1.82, 2.24) is 0 Å². The molecule has 0 unspecified atom stereocenters. The van der Waals surface area contributed by atoms with Gasteiger partial charge in [-0.25, -0.2) is 0 Å². The predicted molar refractivity (Wildman–Crippen MR) is 54.8 cm³/mol. The second-order valence-electron chi connectivity index (χ2n) is 4.03. The molecule has 0 amide bonds. The average Bonchev–Trinajstić information content (AvgIpc) is 2.02. The summed E-state index contributed by atoms with van der Waals surface area (Å²) in [4.78, 5) is 0. The lowest BCUT2D eigenvalue weighted by Crippen LogP contribution is -2.28. The molecule has 0 saturated heterocycles. The summed E-state index contributed by atoms with van der Waals surface area (Å²) < 4.78 is 5.81. The Labute approximate surface area is 79.0 Å². The molecule has 13 heavy (non-hydrogen) atoms. The first-order valence-electron chi connectivity index (χ1n) is 4.56. The van der Waals surface area contributed by atoms with Gasteiger partial charge in [-0.15, -0.1) is 0 Å². The molecule has 1 heterocycles. The number of fused-ring (bicyclic) bond motifs is 1. The molecule has 1 aliphatic heterocycles. The summed E-state index contributed by atoms with van der Waals surface area (Å²) >= 11 is 0. The summed E-state index contributed by atoms with van der Waals surface area (Å²) in [6.45, 7) is 6.28. The molecule has 1 aromatic rings. The highest BCUT2D eigenvalue weighted by atomic mass is 16.5. The van der Waals surface area contributed by atoms with E-state index in [1.54, 1.807) is 0 Å². The standard InChI is InChI=1S/C12H14O/c1-9-8-12(2,3)13-11-7-5-4-6-10(9)11/h4-8H,1-3H3. The van der Waals surface area contributed by atoms with Gasteiger partial charge in [-0.1, -0.05) is 18.2 Å². The van der Waals surface area contributed by atoms with Crippen LogP contribution in [0.2, 0.25) is 0 Å². The highest BCUT2D eigenvalue weighted by Crippen LogP contribution is 2.35. The van der Waals surface area contributed by atoms with Crippen molar-refractivity contribution in [3.8, 4) is 5.75 Å². The van der Waals surface area contributed by atoms with Crippen LogP contribution < -0.4 is 4.74 Å². The van der Waals surface area contributed by atoms with E-state index < -0.39 is 0 Å². The number of rotatable bonds is 0. The maximum Gasteiger partial charge on any atom is 0.128 e. The van der Waals surface area contributed by atoms with E-state index in [0.717, 1.165) is 5.75 Å². The summed E-state index contributed by atoms with van der Waals surface area (Å²) in [7, 11) is 0. The van der Waals surface area contributed by atoms with Crippen molar-refractivity contribution >= 4 is 5.57 Å². The normalized spacial score (nSPS) is 18.5. The molecular formula is C12H14O. The van der Waals surface area contributed by atoms with Gasteiger partial charge in [0.15, 0.2) is 0 Å². The second-order valence-corrected chi connectivity index (χ2v) is 4.03. The minimum atomic E-state index is -0.168. The van der Waals surface area contributed by atoms with E-state index in [9.17, 15) is 0 Å². The molecule has 68 valence electrons. The molecular weight excluding hydrogens is 160 g/mol. The van der Waals surface area contributed by atoms with Gasteiger partial charge in [-0.3, -0.25) is 0 Å². The predicted octanol–water partition coefficient (Wildman–Crippen LogP) is 3.26. The first-order chi connectivity index (χ1) is 6.08. The molecule has 2 rings (SSSR count). The van der Waals surface area contributed by atoms with Gasteiger partial charge >= 0.3 is 0 Å². The van der Waals surface area contributed by atoms with Crippen molar-refractivity contribution in [1.29, 1.82) is 0 Å². The van der Waals surface area contributed by atoms with E-state index in [0.29, 0.717) is 0 Å². The zero-order valence-corrected chi connectivity index (χ0v) is 8.29. The van der Waals surface area contributed by atoms with Crippen LogP contribution in [0, 0.1) is 0 Å². The van der Waals surface area contributed by atoms with Crippen LogP contribution in [0.15, 0.2) is 30.3 Å². The fourth-order valence-corrected chi connectivity index (χ4v) is 1.79. The average molecular weight is 174 g/mol. The van der Waals surface area contributed by atoms with Crippen LogP contribution in [0.5, 0.6) is 5.75 Å². The SMILES string of the molecule is CC1=CC(C)(C)Oc2ccccc21. The molecule has 1 aromatic carbocycles. The van der Waals surface area contributed by atoms with E-state index in [1.165, 1.54) is 11.1 Å². The summed E-state index contributed by atoms with van der Waals surface area (Å²) in [5.74, 6) is 0.993. The number of hydrogen-bond donors (Lipinski definition) is 0.